The Morgan fingerprint density at radius 2 is 1.89 bits per heavy atom. The summed E-state index contributed by atoms with van der Waals surface area (Å²) in [6.45, 7) is 0.377. The van der Waals surface area contributed by atoms with E-state index < -0.39 is 10.8 Å². The first-order valence-corrected chi connectivity index (χ1v) is 9.42. The van der Waals surface area contributed by atoms with E-state index in [-0.39, 0.29) is 42.4 Å². The van der Waals surface area contributed by atoms with Crippen molar-refractivity contribution in [2.45, 2.75) is 12.6 Å². The highest BCUT2D eigenvalue weighted by molar-refractivity contribution is 6.21. The van der Waals surface area contributed by atoms with Gasteiger partial charge in [0.15, 0.2) is 11.5 Å². The number of hydrogen-bond acceptors (Lipinski definition) is 6. The SMILES string of the molecule is O=C(NCc1ccc2c(c1)OCO2)c1cc([N+](=O)[O-])ccc1NC(CCl)CCl. The minimum atomic E-state index is -0.557. The third-order valence-corrected chi connectivity index (χ3v) is 4.83. The lowest BCUT2D eigenvalue weighted by Gasteiger charge is -2.17. The summed E-state index contributed by atoms with van der Waals surface area (Å²) in [4.78, 5) is 23.2. The van der Waals surface area contributed by atoms with Crippen molar-refractivity contribution in [3.63, 3.8) is 0 Å². The quantitative estimate of drug-likeness (QED) is 0.381. The van der Waals surface area contributed by atoms with Gasteiger partial charge < -0.3 is 20.1 Å². The van der Waals surface area contributed by atoms with Crippen molar-refractivity contribution in [1.29, 1.82) is 0 Å². The Morgan fingerprint density at radius 3 is 2.61 bits per heavy atom. The number of nitrogens with zero attached hydrogens (tertiary/aromatic N) is 1. The number of halogens is 2. The number of rotatable bonds is 8. The Labute approximate surface area is 170 Å². The van der Waals surface area contributed by atoms with Crippen LogP contribution in [0.25, 0.3) is 0 Å². The number of nitrogens with one attached hydrogen (secondary N) is 2. The van der Waals surface area contributed by atoms with Crippen LogP contribution in [0.3, 0.4) is 0 Å². The molecule has 0 radical (unpaired) electrons. The van der Waals surface area contributed by atoms with Crippen molar-refractivity contribution in [3.05, 3.63) is 57.6 Å². The van der Waals surface area contributed by atoms with Crippen LogP contribution in [0.5, 0.6) is 11.5 Å². The molecule has 1 amide bonds. The molecule has 1 heterocycles. The summed E-state index contributed by atoms with van der Waals surface area (Å²) < 4.78 is 10.6. The molecule has 1 aliphatic heterocycles. The van der Waals surface area contributed by atoms with Gasteiger partial charge in [0.25, 0.3) is 11.6 Å². The monoisotopic (exact) mass is 425 g/mol. The molecule has 0 spiro atoms. The Bertz CT molecular complexity index is 890. The standard InChI is InChI=1S/C18H17Cl2N3O5/c19-7-12(8-20)22-15-3-2-13(23(25)26)6-14(15)18(24)21-9-11-1-4-16-17(5-11)28-10-27-16/h1-6,12,22H,7-10H2,(H,21,24). The zero-order valence-corrected chi connectivity index (χ0v) is 16.1. The number of fused-ring (bicyclic) bond motifs is 1. The fourth-order valence-electron chi connectivity index (χ4n) is 2.63. The van der Waals surface area contributed by atoms with Crippen molar-refractivity contribution in [2.75, 3.05) is 23.9 Å². The number of anilines is 1. The predicted molar refractivity (Wildman–Crippen MR) is 106 cm³/mol. The van der Waals surface area contributed by atoms with Crippen molar-refractivity contribution < 1.29 is 19.2 Å². The van der Waals surface area contributed by atoms with Crippen LogP contribution in [0.4, 0.5) is 11.4 Å². The fraction of sp³-hybridized carbons (Fsp3) is 0.278. The second kappa shape index (κ2) is 8.99. The van der Waals surface area contributed by atoms with Crippen LogP contribution in [0, 0.1) is 10.1 Å². The van der Waals surface area contributed by atoms with Gasteiger partial charge in [-0.2, -0.15) is 0 Å². The summed E-state index contributed by atoms with van der Waals surface area (Å²) in [5, 5.41) is 16.9. The van der Waals surface area contributed by atoms with Crippen LogP contribution in [0.1, 0.15) is 15.9 Å². The van der Waals surface area contributed by atoms with Crippen molar-refractivity contribution in [1.82, 2.24) is 5.32 Å². The van der Waals surface area contributed by atoms with E-state index in [1.54, 1.807) is 18.2 Å². The molecule has 2 aromatic carbocycles. The first kappa shape index (κ1) is 20.0. The summed E-state index contributed by atoms with van der Waals surface area (Å²) in [6.07, 6.45) is 0. The zero-order valence-electron chi connectivity index (χ0n) is 14.6. The number of alkyl halides is 2. The topological polar surface area (TPSA) is 103 Å². The Hall–Kier alpha value is -2.71. The van der Waals surface area contributed by atoms with E-state index >= 15 is 0 Å². The zero-order chi connectivity index (χ0) is 20.1. The maximum absolute atomic E-state index is 12.7. The number of nitro benzene ring substituents is 1. The van der Waals surface area contributed by atoms with E-state index in [4.69, 9.17) is 32.7 Å². The van der Waals surface area contributed by atoms with Gasteiger partial charge >= 0.3 is 0 Å². The van der Waals surface area contributed by atoms with Crippen LogP contribution in [0.15, 0.2) is 36.4 Å². The molecule has 0 saturated heterocycles. The number of benzene rings is 2. The summed E-state index contributed by atoms with van der Waals surface area (Å²) in [5.74, 6) is 1.23. The van der Waals surface area contributed by atoms with Crippen LogP contribution in [-0.4, -0.2) is 35.4 Å². The molecule has 0 unspecified atom stereocenters. The van der Waals surface area contributed by atoms with Crippen LogP contribution in [0.2, 0.25) is 0 Å². The molecular weight excluding hydrogens is 409 g/mol. The maximum atomic E-state index is 12.7. The van der Waals surface area contributed by atoms with Gasteiger partial charge in [-0.1, -0.05) is 6.07 Å². The molecule has 8 nitrogen and oxygen atoms in total. The minimum absolute atomic E-state index is 0.134. The van der Waals surface area contributed by atoms with Crippen LogP contribution >= 0.6 is 23.2 Å². The summed E-state index contributed by atoms with van der Waals surface area (Å²) in [5.41, 5.74) is 1.17. The van der Waals surface area contributed by atoms with Crippen molar-refractivity contribution >= 4 is 40.5 Å². The number of carbonyl (C=O) groups is 1. The molecule has 10 heteroatoms. The van der Waals surface area contributed by atoms with Gasteiger partial charge in [0.05, 0.1) is 16.5 Å². The molecule has 148 valence electrons. The predicted octanol–water partition coefficient (Wildman–Crippen LogP) is 3.51. The van der Waals surface area contributed by atoms with E-state index in [2.05, 4.69) is 10.6 Å². The van der Waals surface area contributed by atoms with E-state index in [0.717, 1.165) is 5.56 Å². The second-order valence-electron chi connectivity index (χ2n) is 6.01. The molecular formula is C18H17Cl2N3O5. The first-order valence-electron chi connectivity index (χ1n) is 8.35. The highest BCUT2D eigenvalue weighted by atomic mass is 35.5. The van der Waals surface area contributed by atoms with E-state index in [1.807, 2.05) is 0 Å². The minimum Gasteiger partial charge on any atom is -0.454 e. The van der Waals surface area contributed by atoms with Gasteiger partial charge in [0, 0.05) is 36.1 Å². The first-order chi connectivity index (χ1) is 13.5. The fourth-order valence-corrected chi connectivity index (χ4v) is 3.11. The summed E-state index contributed by atoms with van der Waals surface area (Å²) >= 11 is 11.7. The Morgan fingerprint density at radius 1 is 1.14 bits per heavy atom. The average Bonchev–Trinajstić information content (AvgIpc) is 3.18. The molecule has 2 aromatic rings. The van der Waals surface area contributed by atoms with Gasteiger partial charge in [-0.05, 0) is 23.8 Å². The third kappa shape index (κ3) is 4.58. The number of carbonyl (C=O) groups excluding carboxylic acids is 1. The Balaban J connectivity index is 1.78. The normalized spacial score (nSPS) is 12.1. The Kier molecular flexibility index (Phi) is 6.43. The molecule has 3 rings (SSSR count). The largest absolute Gasteiger partial charge is 0.454 e. The lowest BCUT2D eigenvalue weighted by molar-refractivity contribution is -0.384. The number of ether oxygens (including phenoxy) is 2. The van der Waals surface area contributed by atoms with Crippen molar-refractivity contribution in [3.8, 4) is 11.5 Å². The molecule has 0 atom stereocenters. The van der Waals surface area contributed by atoms with Crippen LogP contribution < -0.4 is 20.1 Å². The number of hydrogen-bond donors (Lipinski definition) is 2. The lowest BCUT2D eigenvalue weighted by Crippen LogP contribution is -2.28. The summed E-state index contributed by atoms with van der Waals surface area (Å²) in [7, 11) is 0. The van der Waals surface area contributed by atoms with Gasteiger partial charge in [0.2, 0.25) is 6.79 Å². The number of nitro groups is 1. The third-order valence-electron chi connectivity index (χ3n) is 4.08. The number of non-ortho nitro benzene ring substituents is 1. The summed E-state index contributed by atoms with van der Waals surface area (Å²) in [6, 6.07) is 9.05. The maximum Gasteiger partial charge on any atom is 0.270 e. The molecule has 0 aliphatic carbocycles. The highest BCUT2D eigenvalue weighted by Crippen LogP contribution is 2.32. The van der Waals surface area contributed by atoms with Gasteiger partial charge in [-0.15, -0.1) is 23.2 Å². The smallest absolute Gasteiger partial charge is 0.270 e. The van der Waals surface area contributed by atoms with E-state index in [1.165, 1.54) is 18.2 Å². The van der Waals surface area contributed by atoms with Gasteiger partial charge in [-0.25, -0.2) is 0 Å². The van der Waals surface area contributed by atoms with E-state index in [0.29, 0.717) is 17.2 Å². The van der Waals surface area contributed by atoms with Gasteiger partial charge in [0.1, 0.15) is 0 Å². The molecule has 0 bridgehead atoms. The molecule has 28 heavy (non-hydrogen) atoms. The second-order valence-corrected chi connectivity index (χ2v) is 6.62. The van der Waals surface area contributed by atoms with Crippen LogP contribution in [-0.2, 0) is 6.54 Å². The molecule has 2 N–H and O–H groups in total. The highest BCUT2D eigenvalue weighted by Gasteiger charge is 2.19. The van der Waals surface area contributed by atoms with Crippen molar-refractivity contribution in [2.24, 2.45) is 0 Å². The molecule has 0 saturated carbocycles. The van der Waals surface area contributed by atoms with Gasteiger partial charge in [-0.3, -0.25) is 14.9 Å². The molecule has 0 fully saturated rings. The molecule has 0 aromatic heterocycles. The average molecular weight is 426 g/mol. The molecule has 1 aliphatic rings. The van der Waals surface area contributed by atoms with E-state index in [9.17, 15) is 14.9 Å². The lowest BCUT2D eigenvalue weighted by atomic mass is 10.1. The number of amides is 1.